The first-order chi connectivity index (χ1) is 15.9. The number of hydrogen-bond acceptors (Lipinski definition) is 4. The van der Waals surface area contributed by atoms with Crippen molar-refractivity contribution in [1.82, 2.24) is 0 Å². The Morgan fingerprint density at radius 2 is 0.848 bits per heavy atom. The van der Waals surface area contributed by atoms with Gasteiger partial charge in [0.1, 0.15) is 0 Å². The summed E-state index contributed by atoms with van der Waals surface area (Å²) in [5, 5.41) is 34.7. The van der Waals surface area contributed by atoms with Gasteiger partial charge < -0.3 is 20.4 Å². The lowest BCUT2D eigenvalue weighted by atomic mass is 10.0. The van der Waals surface area contributed by atoms with Crippen molar-refractivity contribution in [2.75, 3.05) is 6.61 Å². The summed E-state index contributed by atoms with van der Waals surface area (Å²) >= 11 is 0. The lowest BCUT2D eigenvalue weighted by molar-refractivity contribution is -0.138. The Bertz CT molecular complexity index is 413. The van der Waals surface area contributed by atoms with E-state index in [0.717, 1.165) is 44.9 Å². The summed E-state index contributed by atoms with van der Waals surface area (Å²) in [6, 6.07) is 0. The van der Waals surface area contributed by atoms with Crippen molar-refractivity contribution in [3.8, 4) is 0 Å². The highest BCUT2D eigenvalue weighted by Gasteiger charge is 2.01. The molecule has 0 fully saturated rings. The van der Waals surface area contributed by atoms with Crippen LogP contribution >= 0.6 is 0 Å². The Morgan fingerprint density at radius 3 is 1.15 bits per heavy atom. The van der Waals surface area contributed by atoms with Gasteiger partial charge in [0.25, 0.3) is 0 Å². The van der Waals surface area contributed by atoms with Crippen LogP contribution in [0.1, 0.15) is 148 Å². The van der Waals surface area contributed by atoms with Crippen LogP contribution in [0.4, 0.5) is 0 Å². The molecular weight excluding hydrogens is 420 g/mol. The second kappa shape index (κ2) is 28.9. The van der Waals surface area contributed by atoms with Crippen LogP contribution < -0.4 is 0 Å². The molecule has 6 heteroatoms. The van der Waals surface area contributed by atoms with E-state index in [0.29, 0.717) is 19.3 Å². The lowest BCUT2D eigenvalue weighted by Gasteiger charge is -2.06. The maximum absolute atomic E-state index is 10.3. The molecule has 0 amide bonds. The molecule has 1 atom stereocenters. The monoisotopic (exact) mass is 474 g/mol. The molecule has 0 heterocycles. The molecule has 0 rings (SSSR count). The Labute approximate surface area is 203 Å². The number of hydrogen-bond donors (Lipinski definition) is 4. The van der Waals surface area contributed by atoms with Crippen molar-refractivity contribution in [3.63, 3.8) is 0 Å². The van der Waals surface area contributed by atoms with E-state index in [1.54, 1.807) is 0 Å². The zero-order valence-corrected chi connectivity index (χ0v) is 21.4. The Morgan fingerprint density at radius 1 is 0.545 bits per heavy atom. The van der Waals surface area contributed by atoms with E-state index in [2.05, 4.69) is 6.92 Å². The molecule has 0 spiro atoms. The molecule has 0 saturated carbocycles. The van der Waals surface area contributed by atoms with Gasteiger partial charge in [-0.2, -0.15) is 0 Å². The van der Waals surface area contributed by atoms with Crippen LogP contribution in [0.5, 0.6) is 0 Å². The number of carbonyl (C=O) groups is 2. The number of rotatable bonds is 24. The third-order valence-corrected chi connectivity index (χ3v) is 5.88. The quantitative estimate of drug-likeness (QED) is 0.111. The molecule has 0 aliphatic carbocycles. The molecule has 0 aliphatic rings. The molecule has 4 N–H and O–H groups in total. The number of aliphatic hydroxyl groups excluding tert-OH is 2. The lowest BCUT2D eigenvalue weighted by Crippen LogP contribution is -2.10. The summed E-state index contributed by atoms with van der Waals surface area (Å²) in [5.41, 5.74) is 0. The van der Waals surface area contributed by atoms with Crippen molar-refractivity contribution < 1.29 is 30.0 Å². The molecule has 0 aliphatic heterocycles. The minimum absolute atomic E-state index is 0.123. The van der Waals surface area contributed by atoms with E-state index in [1.807, 2.05) is 0 Å². The highest BCUT2D eigenvalue weighted by molar-refractivity contribution is 5.66. The van der Waals surface area contributed by atoms with Gasteiger partial charge in [0.05, 0.1) is 12.7 Å². The smallest absolute Gasteiger partial charge is 0.303 e. The fraction of sp³-hybridized carbons (Fsp3) is 0.926. The van der Waals surface area contributed by atoms with Gasteiger partial charge in [-0.05, 0) is 19.3 Å². The summed E-state index contributed by atoms with van der Waals surface area (Å²) in [6.45, 7) is 2.10. The Balaban J connectivity index is 0. The van der Waals surface area contributed by atoms with Gasteiger partial charge in [0, 0.05) is 12.8 Å². The predicted octanol–water partition coefficient (Wildman–Crippen LogP) is 7.10. The third kappa shape index (κ3) is 35.6. The Kier molecular flexibility index (Phi) is 29.8. The summed E-state index contributed by atoms with van der Waals surface area (Å²) < 4.78 is 0. The zero-order valence-electron chi connectivity index (χ0n) is 21.4. The van der Waals surface area contributed by atoms with E-state index in [4.69, 9.17) is 20.4 Å². The van der Waals surface area contributed by atoms with Gasteiger partial charge in [-0.3, -0.25) is 9.59 Å². The van der Waals surface area contributed by atoms with Crippen LogP contribution in [0, 0.1) is 0 Å². The minimum Gasteiger partial charge on any atom is -0.481 e. The van der Waals surface area contributed by atoms with E-state index in [1.165, 1.54) is 77.0 Å². The molecule has 6 nitrogen and oxygen atoms in total. The maximum Gasteiger partial charge on any atom is 0.303 e. The number of aliphatic hydroxyl groups is 2. The first-order valence-corrected chi connectivity index (χ1v) is 13.7. The second-order valence-corrected chi connectivity index (χ2v) is 9.28. The first-order valence-electron chi connectivity index (χ1n) is 13.7. The highest BCUT2D eigenvalue weighted by atomic mass is 16.4. The van der Waals surface area contributed by atoms with Gasteiger partial charge in [-0.1, -0.05) is 116 Å². The van der Waals surface area contributed by atoms with Crippen LogP contribution in [0.2, 0.25) is 0 Å². The number of carboxylic acids is 2. The fourth-order valence-electron chi connectivity index (χ4n) is 3.75. The second-order valence-electron chi connectivity index (χ2n) is 9.28. The predicted molar refractivity (Wildman–Crippen MR) is 136 cm³/mol. The highest BCUT2D eigenvalue weighted by Crippen LogP contribution is 2.13. The van der Waals surface area contributed by atoms with Crippen LogP contribution in [0.3, 0.4) is 0 Å². The summed E-state index contributed by atoms with van der Waals surface area (Å²) in [4.78, 5) is 20.5. The van der Waals surface area contributed by atoms with E-state index in [-0.39, 0.29) is 6.61 Å². The van der Waals surface area contributed by atoms with Crippen molar-refractivity contribution in [1.29, 1.82) is 0 Å². The SMILES string of the molecule is CCCCCCCCCCCC(=O)O.O=C(O)CCCCCCCCCCCCC(O)CO. The molecule has 0 bridgehead atoms. The first kappa shape index (κ1) is 34.0. The molecule has 1 unspecified atom stereocenters. The molecule has 0 aromatic heterocycles. The fourth-order valence-corrected chi connectivity index (χ4v) is 3.75. The van der Waals surface area contributed by atoms with Gasteiger partial charge >= 0.3 is 11.9 Å². The van der Waals surface area contributed by atoms with Crippen LogP contribution in [0.25, 0.3) is 0 Å². The van der Waals surface area contributed by atoms with Gasteiger partial charge in [-0.25, -0.2) is 0 Å². The van der Waals surface area contributed by atoms with Crippen molar-refractivity contribution in [2.45, 2.75) is 154 Å². The van der Waals surface area contributed by atoms with E-state index in [9.17, 15) is 9.59 Å². The van der Waals surface area contributed by atoms with Crippen LogP contribution in [0.15, 0.2) is 0 Å². The van der Waals surface area contributed by atoms with Crippen LogP contribution in [-0.4, -0.2) is 45.1 Å². The van der Waals surface area contributed by atoms with Gasteiger partial charge in [-0.15, -0.1) is 0 Å². The van der Waals surface area contributed by atoms with Crippen molar-refractivity contribution in [2.24, 2.45) is 0 Å². The number of aliphatic carboxylic acids is 2. The van der Waals surface area contributed by atoms with Gasteiger partial charge in [0.2, 0.25) is 0 Å². The van der Waals surface area contributed by atoms with Crippen molar-refractivity contribution in [3.05, 3.63) is 0 Å². The summed E-state index contributed by atoms with van der Waals surface area (Å²) in [5.74, 6) is -1.35. The number of carboxylic acid groups (broad SMARTS) is 2. The largest absolute Gasteiger partial charge is 0.481 e. The standard InChI is InChI=1S/C15H30O4.C12H24O2/c16-13-14(17)11-9-7-5-3-1-2-4-6-8-10-12-15(18)19;1-2-3-4-5-6-7-8-9-10-11-12(13)14/h14,16-17H,1-13H2,(H,18,19);2-11H2,1H3,(H,13,14). The average molecular weight is 475 g/mol. The molecule has 0 radical (unpaired) electrons. The maximum atomic E-state index is 10.3. The normalized spacial score (nSPS) is 11.6. The average Bonchev–Trinajstić information content (AvgIpc) is 2.78. The summed E-state index contributed by atoms with van der Waals surface area (Å²) in [7, 11) is 0. The topological polar surface area (TPSA) is 115 Å². The minimum atomic E-state index is -0.689. The number of unbranched alkanes of at least 4 members (excludes halogenated alkanes) is 17. The third-order valence-electron chi connectivity index (χ3n) is 5.88. The molecular formula is C27H54O6. The molecule has 0 aromatic carbocycles. The molecule has 0 aromatic rings. The van der Waals surface area contributed by atoms with Gasteiger partial charge in [0.15, 0.2) is 0 Å². The summed E-state index contributed by atoms with van der Waals surface area (Å²) in [6.07, 6.45) is 23.2. The van der Waals surface area contributed by atoms with E-state index < -0.39 is 18.0 Å². The van der Waals surface area contributed by atoms with Crippen molar-refractivity contribution >= 4 is 11.9 Å². The molecule has 33 heavy (non-hydrogen) atoms. The Hall–Kier alpha value is -1.14. The van der Waals surface area contributed by atoms with E-state index >= 15 is 0 Å². The zero-order chi connectivity index (χ0) is 25.0. The molecule has 0 saturated heterocycles. The van der Waals surface area contributed by atoms with Crippen LogP contribution in [-0.2, 0) is 9.59 Å². The molecule has 198 valence electrons.